The Bertz CT molecular complexity index is 368. The summed E-state index contributed by atoms with van der Waals surface area (Å²) in [5.41, 5.74) is 0. The maximum Gasteiger partial charge on any atom is 0.290 e. The summed E-state index contributed by atoms with van der Waals surface area (Å²) in [5, 5.41) is 11.2. The van der Waals surface area contributed by atoms with Crippen LogP contribution in [0.1, 0.15) is 20.3 Å². The second-order valence-electron chi connectivity index (χ2n) is 3.38. The van der Waals surface area contributed by atoms with Crippen LogP contribution >= 0.6 is 18.4 Å². The lowest BCUT2D eigenvalue weighted by Gasteiger charge is -2.37. The van der Waals surface area contributed by atoms with Crippen LogP contribution in [0.25, 0.3) is 0 Å². The fraction of sp³-hybridized carbons (Fsp3) is 0.778. The van der Waals surface area contributed by atoms with Crippen molar-refractivity contribution < 1.29 is 14.0 Å². The Hall–Kier alpha value is -0.140. The van der Waals surface area contributed by atoms with Gasteiger partial charge < -0.3 is 9.05 Å². The van der Waals surface area contributed by atoms with E-state index >= 15 is 0 Å². The zero-order valence-electron chi connectivity index (χ0n) is 10.4. The van der Waals surface area contributed by atoms with Crippen LogP contribution in [-0.4, -0.2) is 35.1 Å². The molecule has 0 aromatic heterocycles. The van der Waals surface area contributed by atoms with Crippen LogP contribution in [0.2, 0.25) is 0 Å². The third-order valence-electron chi connectivity index (χ3n) is 2.11. The lowest BCUT2D eigenvalue weighted by atomic mass is 10.5. The quantitative estimate of drug-likeness (QED) is 0.424. The molecular formula is C9H17N2O4PS2. The summed E-state index contributed by atoms with van der Waals surface area (Å²) < 4.78 is 12.9. The molecule has 18 heavy (non-hydrogen) atoms. The van der Waals surface area contributed by atoms with Gasteiger partial charge >= 0.3 is 0 Å². The third-order valence-corrected chi connectivity index (χ3v) is 6.76. The van der Waals surface area contributed by atoms with Gasteiger partial charge in [-0.3, -0.25) is 14.8 Å². The molecule has 0 spiro atoms. The first-order chi connectivity index (χ1) is 8.53. The van der Waals surface area contributed by atoms with Crippen molar-refractivity contribution in [3.05, 3.63) is 21.3 Å². The molecule has 0 aliphatic carbocycles. The average molecular weight is 312 g/mol. The Morgan fingerprint density at radius 3 is 2.67 bits per heavy atom. The highest BCUT2D eigenvalue weighted by atomic mass is 32.5. The Labute approximate surface area is 116 Å². The second-order valence-corrected chi connectivity index (χ2v) is 7.82. The molecule has 104 valence electrons. The SMILES string of the molecule is CCOP(=S)(OCC)N1CCCS/C1=C\[N+](=O)[O-]. The first kappa shape index (κ1) is 15.9. The predicted molar refractivity (Wildman–Crippen MR) is 76.4 cm³/mol. The van der Waals surface area contributed by atoms with Gasteiger partial charge in [0, 0.05) is 12.3 Å². The van der Waals surface area contributed by atoms with Gasteiger partial charge in [-0.05, 0) is 32.1 Å². The minimum Gasteiger partial charge on any atom is -0.314 e. The molecule has 9 heteroatoms. The van der Waals surface area contributed by atoms with Crippen molar-refractivity contribution in [1.29, 1.82) is 0 Å². The third kappa shape index (κ3) is 4.20. The van der Waals surface area contributed by atoms with Gasteiger partial charge in [0.2, 0.25) is 0 Å². The topological polar surface area (TPSA) is 64.8 Å². The van der Waals surface area contributed by atoms with Gasteiger partial charge in [-0.25, -0.2) is 0 Å². The first-order valence-corrected chi connectivity index (χ1v) is 9.26. The van der Waals surface area contributed by atoms with Gasteiger partial charge in [0.1, 0.15) is 5.03 Å². The van der Waals surface area contributed by atoms with Crippen LogP contribution in [0.3, 0.4) is 0 Å². The molecule has 0 N–H and O–H groups in total. The van der Waals surface area contributed by atoms with Gasteiger partial charge in [0.15, 0.2) is 0 Å². The lowest BCUT2D eigenvalue weighted by Crippen LogP contribution is -2.27. The number of hydrogen-bond acceptors (Lipinski definition) is 6. The molecular weight excluding hydrogens is 295 g/mol. The number of hydrogen-bond donors (Lipinski definition) is 0. The van der Waals surface area contributed by atoms with Crippen LogP contribution in [0.4, 0.5) is 0 Å². The molecule has 1 rings (SSSR count). The van der Waals surface area contributed by atoms with Crippen molar-refractivity contribution in [3.63, 3.8) is 0 Å². The van der Waals surface area contributed by atoms with E-state index in [-0.39, 0.29) is 0 Å². The molecule has 0 amide bonds. The van der Waals surface area contributed by atoms with Gasteiger partial charge in [-0.1, -0.05) is 0 Å². The van der Waals surface area contributed by atoms with Crippen molar-refractivity contribution in [2.75, 3.05) is 25.5 Å². The van der Waals surface area contributed by atoms with E-state index in [0.717, 1.165) is 18.4 Å². The molecule has 6 nitrogen and oxygen atoms in total. The van der Waals surface area contributed by atoms with Crippen LogP contribution < -0.4 is 0 Å². The maximum absolute atomic E-state index is 10.6. The van der Waals surface area contributed by atoms with E-state index in [1.165, 1.54) is 11.8 Å². The monoisotopic (exact) mass is 312 g/mol. The highest BCUT2D eigenvalue weighted by Crippen LogP contribution is 2.57. The molecule has 0 atom stereocenters. The summed E-state index contributed by atoms with van der Waals surface area (Å²) in [6.45, 7) is 2.56. The van der Waals surface area contributed by atoms with Gasteiger partial charge in [0.25, 0.3) is 12.8 Å². The van der Waals surface area contributed by atoms with E-state index in [1.807, 2.05) is 13.8 Å². The van der Waals surface area contributed by atoms with Crippen molar-refractivity contribution >= 4 is 30.2 Å². The molecule has 0 unspecified atom stereocenters. The van der Waals surface area contributed by atoms with Gasteiger partial charge in [-0.15, -0.1) is 11.8 Å². The highest BCUT2D eigenvalue weighted by molar-refractivity contribution is 8.10. The van der Waals surface area contributed by atoms with E-state index in [1.54, 1.807) is 4.67 Å². The van der Waals surface area contributed by atoms with Crippen molar-refractivity contribution in [2.45, 2.75) is 20.3 Å². The molecule has 1 heterocycles. The normalized spacial score (nSPS) is 19.2. The molecule has 0 aromatic rings. The van der Waals surface area contributed by atoms with Crippen LogP contribution in [0.15, 0.2) is 11.2 Å². The van der Waals surface area contributed by atoms with Crippen molar-refractivity contribution in [3.8, 4) is 0 Å². The Kier molecular flexibility index (Phi) is 6.59. The second kappa shape index (κ2) is 7.45. The van der Waals surface area contributed by atoms with E-state index in [2.05, 4.69) is 0 Å². The van der Waals surface area contributed by atoms with Crippen LogP contribution in [-0.2, 0) is 20.9 Å². The number of thioether (sulfide) groups is 1. The van der Waals surface area contributed by atoms with E-state index in [9.17, 15) is 10.1 Å². The van der Waals surface area contributed by atoms with E-state index in [0.29, 0.717) is 24.8 Å². The summed E-state index contributed by atoms with van der Waals surface area (Å²) in [6.07, 6.45) is 1.90. The summed E-state index contributed by atoms with van der Waals surface area (Å²) in [6, 6.07) is 0. The molecule has 0 bridgehead atoms. The molecule has 0 saturated carbocycles. The predicted octanol–water partition coefficient (Wildman–Crippen LogP) is 2.80. The molecule has 1 aliphatic heterocycles. The maximum atomic E-state index is 10.6. The molecule has 1 fully saturated rings. The lowest BCUT2D eigenvalue weighted by molar-refractivity contribution is -0.403. The Morgan fingerprint density at radius 2 is 2.17 bits per heavy atom. The van der Waals surface area contributed by atoms with E-state index in [4.69, 9.17) is 20.9 Å². The largest absolute Gasteiger partial charge is 0.314 e. The summed E-state index contributed by atoms with van der Waals surface area (Å²) in [4.78, 5) is 10.2. The summed E-state index contributed by atoms with van der Waals surface area (Å²) in [7, 11) is 0. The highest BCUT2D eigenvalue weighted by Gasteiger charge is 2.33. The van der Waals surface area contributed by atoms with Crippen LogP contribution in [0.5, 0.6) is 0 Å². The Morgan fingerprint density at radius 1 is 1.56 bits per heavy atom. The van der Waals surface area contributed by atoms with Crippen molar-refractivity contribution in [2.24, 2.45) is 0 Å². The first-order valence-electron chi connectivity index (χ1n) is 5.68. The zero-order chi connectivity index (χ0) is 13.6. The van der Waals surface area contributed by atoms with Gasteiger partial charge in [-0.2, -0.15) is 0 Å². The summed E-state index contributed by atoms with van der Waals surface area (Å²) in [5.74, 6) is 0.851. The Balaban J connectivity index is 2.99. The zero-order valence-corrected chi connectivity index (χ0v) is 12.9. The molecule has 0 radical (unpaired) electrons. The van der Waals surface area contributed by atoms with Gasteiger partial charge in [0.05, 0.1) is 18.1 Å². The smallest absolute Gasteiger partial charge is 0.290 e. The average Bonchev–Trinajstić information content (AvgIpc) is 2.29. The van der Waals surface area contributed by atoms with E-state index < -0.39 is 11.6 Å². The number of nitro groups is 1. The summed E-state index contributed by atoms with van der Waals surface area (Å²) >= 11 is 6.89. The van der Waals surface area contributed by atoms with Crippen LogP contribution in [0, 0.1) is 10.1 Å². The fourth-order valence-corrected chi connectivity index (χ4v) is 5.88. The minimum absolute atomic E-state index is 0.435. The van der Waals surface area contributed by atoms with Crippen molar-refractivity contribution in [1.82, 2.24) is 4.67 Å². The number of nitrogens with zero attached hydrogens (tertiary/aromatic N) is 2. The molecule has 1 aliphatic rings. The molecule has 1 saturated heterocycles. The number of rotatable bonds is 6. The fourth-order valence-electron chi connectivity index (χ4n) is 1.52. The standard InChI is InChI=1S/C9H17N2O4PS2/c1-3-14-16(17,15-4-2)10-6-5-7-18-9(10)8-11(12)13/h8H,3-7H2,1-2H3/b9-8-. The molecule has 0 aromatic carbocycles. The minimum atomic E-state index is -2.63.